The van der Waals surface area contributed by atoms with Gasteiger partial charge in [0.15, 0.2) is 5.78 Å². The Morgan fingerprint density at radius 3 is 2.45 bits per heavy atom. The number of ketones is 1. The van der Waals surface area contributed by atoms with E-state index in [-0.39, 0.29) is 39.5 Å². The van der Waals surface area contributed by atoms with Crippen LogP contribution in [0.3, 0.4) is 0 Å². The minimum atomic E-state index is -1.08. The highest BCUT2D eigenvalue weighted by molar-refractivity contribution is 6.30. The van der Waals surface area contributed by atoms with Gasteiger partial charge >= 0.3 is 5.97 Å². The summed E-state index contributed by atoms with van der Waals surface area (Å²) in [5.41, 5.74) is 0.329. The Hall–Kier alpha value is -3.76. The highest BCUT2D eigenvalue weighted by Gasteiger charge is 2.20. The molecule has 1 N–H and O–H groups in total. The monoisotopic (exact) mass is 438 g/mol. The van der Waals surface area contributed by atoms with Gasteiger partial charge in [0.1, 0.15) is 5.82 Å². The second-order valence-electron chi connectivity index (χ2n) is 6.90. The molecule has 0 fully saturated rings. The zero-order chi connectivity index (χ0) is 22.7. The van der Waals surface area contributed by atoms with Crippen LogP contribution in [0.15, 0.2) is 59.5 Å². The topological polar surface area (TPSA) is 100 Å². The highest BCUT2D eigenvalue weighted by Crippen LogP contribution is 2.28. The molecule has 2 aromatic carbocycles. The van der Waals surface area contributed by atoms with Crippen LogP contribution in [0.5, 0.6) is 0 Å². The molecule has 0 radical (unpaired) electrons. The van der Waals surface area contributed by atoms with Crippen molar-refractivity contribution in [1.29, 1.82) is 5.26 Å². The maximum Gasteiger partial charge on any atom is 0.335 e. The standard InChI is InChI=1S/C23H16ClFN2O4/c1-13(21(28)8-14-2-4-15(5-3-14)23(30)31)27-12-20(25)19(10-22(27)29)18-9-17(24)7-6-16(18)11-26/h2-7,9-10,12-13H,8H2,1H3,(H,30,31). The normalized spacial score (nSPS) is 11.5. The number of carboxylic acids is 1. The number of halogens is 2. The van der Waals surface area contributed by atoms with Crippen LogP contribution < -0.4 is 5.56 Å². The molecule has 1 aromatic heterocycles. The van der Waals surface area contributed by atoms with E-state index >= 15 is 0 Å². The first-order valence-corrected chi connectivity index (χ1v) is 9.55. The average Bonchev–Trinajstić information content (AvgIpc) is 2.74. The van der Waals surface area contributed by atoms with Crippen molar-refractivity contribution in [1.82, 2.24) is 4.57 Å². The van der Waals surface area contributed by atoms with Crippen molar-refractivity contribution in [3.63, 3.8) is 0 Å². The Morgan fingerprint density at radius 1 is 1.16 bits per heavy atom. The summed E-state index contributed by atoms with van der Waals surface area (Å²) in [6.45, 7) is 1.48. The molecule has 0 aliphatic rings. The number of hydrogen-bond donors (Lipinski definition) is 1. The third-order valence-corrected chi connectivity index (χ3v) is 5.12. The van der Waals surface area contributed by atoms with Gasteiger partial charge in [-0.25, -0.2) is 9.18 Å². The summed E-state index contributed by atoms with van der Waals surface area (Å²) >= 11 is 5.95. The van der Waals surface area contributed by atoms with Gasteiger partial charge in [-0.05, 0) is 42.8 Å². The molecule has 0 bridgehead atoms. The summed E-state index contributed by atoms with van der Waals surface area (Å²) in [6.07, 6.45) is 0.888. The SMILES string of the molecule is CC(C(=O)Cc1ccc(C(=O)O)cc1)n1cc(F)c(-c2cc(Cl)ccc2C#N)cc1=O. The molecule has 0 spiro atoms. The van der Waals surface area contributed by atoms with E-state index < -0.39 is 23.4 Å². The van der Waals surface area contributed by atoms with Crippen molar-refractivity contribution in [3.8, 4) is 17.2 Å². The second kappa shape index (κ2) is 8.94. The van der Waals surface area contributed by atoms with E-state index in [0.717, 1.165) is 16.8 Å². The molecule has 3 aromatic rings. The van der Waals surface area contributed by atoms with E-state index in [2.05, 4.69) is 0 Å². The fraction of sp³-hybridized carbons (Fsp3) is 0.130. The third-order valence-electron chi connectivity index (χ3n) is 4.89. The molecule has 0 saturated heterocycles. The lowest BCUT2D eigenvalue weighted by atomic mass is 10.00. The van der Waals surface area contributed by atoms with E-state index in [9.17, 15) is 24.0 Å². The molecule has 0 aliphatic carbocycles. The zero-order valence-electron chi connectivity index (χ0n) is 16.3. The predicted octanol–water partition coefficient (Wildman–Crippen LogP) is 4.25. The van der Waals surface area contributed by atoms with Gasteiger partial charge in [-0.3, -0.25) is 9.59 Å². The van der Waals surface area contributed by atoms with Crippen LogP contribution in [-0.2, 0) is 11.2 Å². The molecule has 0 aliphatic heterocycles. The Kier molecular flexibility index (Phi) is 6.33. The van der Waals surface area contributed by atoms with Crippen molar-refractivity contribution in [2.24, 2.45) is 0 Å². The number of aromatic nitrogens is 1. The van der Waals surface area contributed by atoms with Crippen LogP contribution in [0.4, 0.5) is 4.39 Å². The Labute approximate surface area is 181 Å². The minimum Gasteiger partial charge on any atom is -0.478 e. The maximum atomic E-state index is 14.9. The Bertz CT molecular complexity index is 1280. The largest absolute Gasteiger partial charge is 0.478 e. The summed E-state index contributed by atoms with van der Waals surface area (Å²) in [6, 6.07) is 12.1. The smallest absolute Gasteiger partial charge is 0.335 e. The van der Waals surface area contributed by atoms with Crippen molar-refractivity contribution >= 4 is 23.4 Å². The number of rotatable bonds is 6. The summed E-state index contributed by atoms with van der Waals surface area (Å²) in [5, 5.41) is 18.5. The second-order valence-corrected chi connectivity index (χ2v) is 7.34. The predicted molar refractivity (Wildman–Crippen MR) is 113 cm³/mol. The van der Waals surface area contributed by atoms with Crippen LogP contribution >= 0.6 is 11.6 Å². The van der Waals surface area contributed by atoms with Crippen molar-refractivity contribution in [2.45, 2.75) is 19.4 Å². The number of nitriles is 1. The van der Waals surface area contributed by atoms with Crippen LogP contribution in [0.25, 0.3) is 11.1 Å². The molecule has 6 nitrogen and oxygen atoms in total. The van der Waals surface area contributed by atoms with Crippen LogP contribution in [0.1, 0.15) is 34.5 Å². The van der Waals surface area contributed by atoms with Gasteiger partial charge < -0.3 is 9.67 Å². The number of carbonyl (C=O) groups excluding carboxylic acids is 1. The van der Waals surface area contributed by atoms with Crippen LogP contribution in [0, 0.1) is 17.1 Å². The van der Waals surface area contributed by atoms with Gasteiger partial charge in [0.05, 0.1) is 23.2 Å². The van der Waals surface area contributed by atoms with E-state index in [4.69, 9.17) is 16.7 Å². The van der Waals surface area contributed by atoms with Crippen molar-refractivity contribution in [3.05, 3.63) is 92.6 Å². The fourth-order valence-electron chi connectivity index (χ4n) is 3.14. The van der Waals surface area contributed by atoms with Crippen molar-refractivity contribution < 1.29 is 19.1 Å². The molecular formula is C23H16ClFN2O4. The molecule has 3 rings (SSSR count). The lowest BCUT2D eigenvalue weighted by Gasteiger charge is -2.16. The van der Waals surface area contributed by atoms with Gasteiger partial charge in [0, 0.05) is 34.8 Å². The number of pyridine rings is 1. The minimum absolute atomic E-state index is 0.0518. The number of carbonyl (C=O) groups is 2. The number of nitrogens with zero attached hydrogens (tertiary/aromatic N) is 2. The van der Waals surface area contributed by atoms with Gasteiger partial charge in [-0.1, -0.05) is 23.7 Å². The Morgan fingerprint density at radius 2 is 1.84 bits per heavy atom. The molecule has 1 heterocycles. The molecule has 1 atom stereocenters. The summed E-state index contributed by atoms with van der Waals surface area (Å²) in [7, 11) is 0. The molecule has 0 saturated carbocycles. The molecule has 0 amide bonds. The average molecular weight is 439 g/mol. The molecule has 8 heteroatoms. The zero-order valence-corrected chi connectivity index (χ0v) is 17.1. The highest BCUT2D eigenvalue weighted by atomic mass is 35.5. The van der Waals surface area contributed by atoms with Crippen LogP contribution in [-0.4, -0.2) is 21.4 Å². The first-order valence-electron chi connectivity index (χ1n) is 9.18. The quantitative estimate of drug-likeness (QED) is 0.620. The Balaban J connectivity index is 1.90. The number of carboxylic acid groups (broad SMARTS) is 1. The summed E-state index contributed by atoms with van der Waals surface area (Å²) in [4.78, 5) is 36.2. The first-order chi connectivity index (χ1) is 14.7. The number of Topliss-reactive ketones (excluding diaryl/α,β-unsaturated/α-hetero) is 1. The van der Waals surface area contributed by atoms with E-state index in [1.165, 1.54) is 49.4 Å². The van der Waals surface area contributed by atoms with Crippen LogP contribution in [0.2, 0.25) is 5.02 Å². The van der Waals surface area contributed by atoms with Gasteiger partial charge in [-0.2, -0.15) is 5.26 Å². The van der Waals surface area contributed by atoms with Gasteiger partial charge in [0.25, 0.3) is 5.56 Å². The maximum absolute atomic E-state index is 14.9. The number of hydrogen-bond acceptors (Lipinski definition) is 4. The molecular weight excluding hydrogens is 423 g/mol. The first kappa shape index (κ1) is 21.9. The van der Waals surface area contributed by atoms with Crippen molar-refractivity contribution in [2.75, 3.05) is 0 Å². The lowest BCUT2D eigenvalue weighted by molar-refractivity contribution is -0.121. The van der Waals surface area contributed by atoms with E-state index in [1.54, 1.807) is 0 Å². The lowest BCUT2D eigenvalue weighted by Crippen LogP contribution is -2.29. The number of aromatic carboxylic acids is 1. The van der Waals surface area contributed by atoms with Gasteiger partial charge in [-0.15, -0.1) is 0 Å². The van der Waals surface area contributed by atoms with E-state index in [1.807, 2.05) is 6.07 Å². The summed E-state index contributed by atoms with van der Waals surface area (Å²) < 4.78 is 15.8. The molecule has 31 heavy (non-hydrogen) atoms. The van der Waals surface area contributed by atoms with E-state index in [0.29, 0.717) is 5.56 Å². The molecule has 156 valence electrons. The third kappa shape index (κ3) is 4.71. The fourth-order valence-corrected chi connectivity index (χ4v) is 3.31. The number of benzene rings is 2. The summed E-state index contributed by atoms with van der Waals surface area (Å²) in [5.74, 6) is -2.20. The van der Waals surface area contributed by atoms with Gasteiger partial charge in [0.2, 0.25) is 0 Å². The molecule has 1 unspecified atom stereocenters.